The highest BCUT2D eigenvalue weighted by molar-refractivity contribution is 5.41. The van der Waals surface area contributed by atoms with Gasteiger partial charge >= 0.3 is 0 Å². The minimum Gasteiger partial charge on any atom is -0.497 e. The molecule has 0 amide bonds. The van der Waals surface area contributed by atoms with E-state index in [4.69, 9.17) is 14.5 Å². The molecular weight excluding hydrogens is 340 g/mol. The third kappa shape index (κ3) is 3.39. The number of fused-ring (bicyclic) bond motifs is 2. The number of hydrogen-bond donors (Lipinski definition) is 0. The molecule has 6 nitrogen and oxygen atoms in total. The SMILES string of the molecule is COc1cccc(CN2CC[C@@]3(COCc4c(C)nc(N(C)C)nc43)C2)c1. The molecule has 27 heavy (non-hydrogen) atoms. The number of likely N-dealkylation sites (tertiary alicyclic amines) is 1. The second kappa shape index (κ2) is 7.09. The summed E-state index contributed by atoms with van der Waals surface area (Å²) >= 11 is 0. The maximum absolute atomic E-state index is 6.01. The molecule has 0 bridgehead atoms. The first kappa shape index (κ1) is 18.2. The van der Waals surface area contributed by atoms with Crippen molar-refractivity contribution in [2.24, 2.45) is 0 Å². The molecule has 2 aliphatic rings. The van der Waals surface area contributed by atoms with Gasteiger partial charge < -0.3 is 14.4 Å². The minimum atomic E-state index is -0.0368. The highest BCUT2D eigenvalue weighted by atomic mass is 16.5. The number of anilines is 1. The van der Waals surface area contributed by atoms with Gasteiger partial charge in [-0.25, -0.2) is 9.97 Å². The quantitative estimate of drug-likeness (QED) is 0.827. The van der Waals surface area contributed by atoms with Crippen molar-refractivity contribution < 1.29 is 9.47 Å². The lowest BCUT2D eigenvalue weighted by Crippen LogP contribution is -2.41. The van der Waals surface area contributed by atoms with E-state index in [0.717, 1.165) is 50.1 Å². The summed E-state index contributed by atoms with van der Waals surface area (Å²) in [5.74, 6) is 1.70. The van der Waals surface area contributed by atoms with Crippen LogP contribution in [-0.4, -0.2) is 55.8 Å². The summed E-state index contributed by atoms with van der Waals surface area (Å²) in [6.45, 7) is 6.34. The number of nitrogens with zero attached hydrogens (tertiary/aromatic N) is 4. The molecule has 2 aliphatic heterocycles. The Labute approximate surface area is 161 Å². The monoisotopic (exact) mass is 368 g/mol. The second-order valence-corrected chi connectivity index (χ2v) is 7.92. The fourth-order valence-electron chi connectivity index (χ4n) is 4.24. The Morgan fingerprint density at radius 2 is 2.15 bits per heavy atom. The van der Waals surface area contributed by atoms with E-state index >= 15 is 0 Å². The van der Waals surface area contributed by atoms with Crippen LogP contribution in [0.25, 0.3) is 0 Å². The van der Waals surface area contributed by atoms with Crippen molar-refractivity contribution in [3.63, 3.8) is 0 Å². The third-order valence-electron chi connectivity index (χ3n) is 5.70. The summed E-state index contributed by atoms with van der Waals surface area (Å²) in [4.78, 5) is 14.1. The molecule has 0 saturated carbocycles. The second-order valence-electron chi connectivity index (χ2n) is 7.92. The number of rotatable bonds is 4. The van der Waals surface area contributed by atoms with E-state index in [0.29, 0.717) is 6.61 Å². The van der Waals surface area contributed by atoms with Gasteiger partial charge in [-0.05, 0) is 37.6 Å². The van der Waals surface area contributed by atoms with Crippen LogP contribution < -0.4 is 9.64 Å². The maximum Gasteiger partial charge on any atom is 0.225 e. The molecule has 2 aromatic rings. The van der Waals surface area contributed by atoms with Crippen LogP contribution in [0, 0.1) is 6.92 Å². The van der Waals surface area contributed by atoms with Crippen LogP contribution in [0.2, 0.25) is 0 Å². The van der Waals surface area contributed by atoms with Gasteiger partial charge in [-0.3, -0.25) is 4.90 Å². The number of aromatic nitrogens is 2. The summed E-state index contributed by atoms with van der Waals surface area (Å²) < 4.78 is 11.4. The van der Waals surface area contributed by atoms with Crippen molar-refractivity contribution in [2.75, 3.05) is 45.8 Å². The average molecular weight is 368 g/mol. The van der Waals surface area contributed by atoms with Crippen LogP contribution in [0.1, 0.15) is 28.9 Å². The van der Waals surface area contributed by atoms with Crippen LogP contribution in [0.5, 0.6) is 5.75 Å². The molecule has 0 N–H and O–H groups in total. The smallest absolute Gasteiger partial charge is 0.225 e. The van der Waals surface area contributed by atoms with Crippen molar-refractivity contribution in [3.8, 4) is 5.75 Å². The van der Waals surface area contributed by atoms with E-state index in [-0.39, 0.29) is 5.41 Å². The Bertz CT molecular complexity index is 839. The lowest BCUT2D eigenvalue weighted by molar-refractivity contribution is 0.0498. The van der Waals surface area contributed by atoms with Crippen molar-refractivity contribution in [2.45, 2.75) is 31.9 Å². The van der Waals surface area contributed by atoms with Gasteiger partial charge in [0.05, 0.1) is 31.4 Å². The Morgan fingerprint density at radius 3 is 2.93 bits per heavy atom. The van der Waals surface area contributed by atoms with E-state index in [9.17, 15) is 0 Å². The molecule has 1 spiro atoms. The molecule has 6 heteroatoms. The third-order valence-corrected chi connectivity index (χ3v) is 5.70. The number of hydrogen-bond acceptors (Lipinski definition) is 6. The molecule has 144 valence electrons. The van der Waals surface area contributed by atoms with E-state index < -0.39 is 0 Å². The van der Waals surface area contributed by atoms with Crippen molar-refractivity contribution >= 4 is 5.95 Å². The van der Waals surface area contributed by atoms with E-state index in [2.05, 4.69) is 35.0 Å². The molecule has 1 saturated heterocycles. The van der Waals surface area contributed by atoms with Gasteiger partial charge in [0.15, 0.2) is 0 Å². The predicted octanol–water partition coefficient (Wildman–Crippen LogP) is 2.53. The zero-order chi connectivity index (χ0) is 19.0. The van der Waals surface area contributed by atoms with Crippen molar-refractivity contribution in [1.82, 2.24) is 14.9 Å². The van der Waals surface area contributed by atoms with Gasteiger partial charge in [0, 0.05) is 38.4 Å². The molecule has 4 rings (SSSR count). The van der Waals surface area contributed by atoms with Gasteiger partial charge in [-0.1, -0.05) is 12.1 Å². The van der Waals surface area contributed by atoms with Crippen LogP contribution in [-0.2, 0) is 23.3 Å². The number of ether oxygens (including phenoxy) is 2. The Morgan fingerprint density at radius 1 is 1.30 bits per heavy atom. The standard InChI is InChI=1S/C21H28N4O2/c1-15-18-12-27-14-21(19(18)23-20(22-15)24(2)3)8-9-25(13-21)11-16-6-5-7-17(10-16)26-4/h5-7,10H,8-9,11-14H2,1-4H3/t21-/m0/s1. The molecule has 1 atom stereocenters. The zero-order valence-electron chi connectivity index (χ0n) is 16.7. The van der Waals surface area contributed by atoms with Gasteiger partial charge in [0.1, 0.15) is 5.75 Å². The van der Waals surface area contributed by atoms with Crippen LogP contribution in [0.3, 0.4) is 0 Å². The lowest BCUT2D eigenvalue weighted by Gasteiger charge is -2.35. The highest BCUT2D eigenvalue weighted by Crippen LogP contribution is 2.40. The molecule has 0 radical (unpaired) electrons. The maximum atomic E-state index is 6.01. The summed E-state index contributed by atoms with van der Waals surface area (Å²) in [6, 6.07) is 8.32. The van der Waals surface area contributed by atoms with Crippen LogP contribution in [0.15, 0.2) is 24.3 Å². The molecular formula is C21H28N4O2. The largest absolute Gasteiger partial charge is 0.497 e. The molecule has 1 aromatic heterocycles. The van der Waals surface area contributed by atoms with E-state index in [1.165, 1.54) is 16.8 Å². The van der Waals surface area contributed by atoms with E-state index in [1.807, 2.05) is 25.1 Å². The normalized spacial score (nSPS) is 22.1. The zero-order valence-corrected chi connectivity index (χ0v) is 16.7. The summed E-state index contributed by atoms with van der Waals surface area (Å²) in [6.07, 6.45) is 1.06. The van der Waals surface area contributed by atoms with Crippen LogP contribution >= 0.6 is 0 Å². The molecule has 3 heterocycles. The first-order valence-corrected chi connectivity index (χ1v) is 9.49. The molecule has 0 aliphatic carbocycles. The average Bonchev–Trinajstić information content (AvgIpc) is 3.05. The fourth-order valence-corrected chi connectivity index (χ4v) is 4.24. The Balaban J connectivity index is 1.60. The summed E-state index contributed by atoms with van der Waals surface area (Å²) in [5, 5.41) is 0. The summed E-state index contributed by atoms with van der Waals surface area (Å²) in [5.41, 5.74) is 4.64. The van der Waals surface area contributed by atoms with Crippen LogP contribution in [0.4, 0.5) is 5.95 Å². The first-order chi connectivity index (χ1) is 13.0. The predicted molar refractivity (Wildman–Crippen MR) is 105 cm³/mol. The Hall–Kier alpha value is -2.18. The Kier molecular flexibility index (Phi) is 4.78. The van der Waals surface area contributed by atoms with E-state index in [1.54, 1.807) is 7.11 Å². The van der Waals surface area contributed by atoms with Gasteiger partial charge in [0.2, 0.25) is 5.95 Å². The number of aryl methyl sites for hydroxylation is 1. The van der Waals surface area contributed by atoms with Crippen molar-refractivity contribution in [3.05, 3.63) is 46.8 Å². The topological polar surface area (TPSA) is 50.7 Å². The minimum absolute atomic E-state index is 0.0368. The lowest BCUT2D eigenvalue weighted by atomic mass is 9.80. The fraction of sp³-hybridized carbons (Fsp3) is 0.524. The number of benzene rings is 1. The molecule has 1 fully saturated rings. The van der Waals surface area contributed by atoms with Gasteiger partial charge in [0.25, 0.3) is 0 Å². The van der Waals surface area contributed by atoms with Gasteiger partial charge in [-0.15, -0.1) is 0 Å². The highest BCUT2D eigenvalue weighted by Gasteiger charge is 2.45. The number of methoxy groups -OCH3 is 1. The van der Waals surface area contributed by atoms with Gasteiger partial charge in [-0.2, -0.15) is 0 Å². The molecule has 1 aromatic carbocycles. The first-order valence-electron chi connectivity index (χ1n) is 9.49. The molecule has 0 unspecified atom stereocenters. The van der Waals surface area contributed by atoms with Crippen molar-refractivity contribution in [1.29, 1.82) is 0 Å². The summed E-state index contributed by atoms with van der Waals surface area (Å²) in [7, 11) is 5.71.